The third-order valence-corrected chi connectivity index (χ3v) is 7.64. The van der Waals surface area contributed by atoms with Crippen LogP contribution in [0.4, 0.5) is 4.79 Å². The van der Waals surface area contributed by atoms with Crippen LogP contribution in [0.1, 0.15) is 52.4 Å². The van der Waals surface area contributed by atoms with Crippen LogP contribution in [-0.2, 0) is 4.79 Å². The van der Waals surface area contributed by atoms with Gasteiger partial charge in [-0.05, 0) is 55.2 Å². The molecule has 8 heteroatoms. The Morgan fingerprint density at radius 1 is 0.946 bits per heavy atom. The number of aliphatic carboxylic acids is 1. The number of urea groups is 1. The van der Waals surface area contributed by atoms with Crippen LogP contribution in [-0.4, -0.2) is 72.1 Å². The first kappa shape index (κ1) is 26.7. The van der Waals surface area contributed by atoms with Gasteiger partial charge in [0.1, 0.15) is 0 Å². The second-order valence-corrected chi connectivity index (χ2v) is 10.4. The Kier molecular flexibility index (Phi) is 8.82. The van der Waals surface area contributed by atoms with E-state index >= 15 is 0 Å². The van der Waals surface area contributed by atoms with E-state index in [0.717, 1.165) is 61.4 Å². The maximum atomic E-state index is 13.2. The van der Waals surface area contributed by atoms with Gasteiger partial charge in [-0.3, -0.25) is 9.59 Å². The number of fused-ring (bicyclic) bond motifs is 1. The monoisotopic (exact) mass is 506 g/mol. The fourth-order valence-corrected chi connectivity index (χ4v) is 5.72. The number of likely N-dealkylation sites (tertiary alicyclic amines) is 2. The van der Waals surface area contributed by atoms with Crippen molar-refractivity contribution in [2.24, 2.45) is 11.8 Å². The molecular formula is C29H38N4O4. The quantitative estimate of drug-likeness (QED) is 0.428. The largest absolute Gasteiger partial charge is 0.481 e. The molecule has 2 aliphatic heterocycles. The molecule has 2 saturated heterocycles. The van der Waals surface area contributed by atoms with E-state index in [4.69, 9.17) is 5.11 Å². The van der Waals surface area contributed by atoms with Gasteiger partial charge in [0.2, 0.25) is 0 Å². The zero-order chi connectivity index (χ0) is 26.4. The topological polar surface area (TPSA) is 102 Å². The summed E-state index contributed by atoms with van der Waals surface area (Å²) in [6.07, 6.45) is 1.21. The standard InChI is InChI=1S/C29H38N4O4/c1-20-8-6-9-21(2)27(20)28(36)33-18-23-16-32(17-24(23)19-33)15-13-25(22-10-4-3-5-11-22)31-29(37)30-14-7-12-26(34)35/h3-6,8-11,23-25H,7,12-19H2,1-2H3,(H,34,35)(H2,30,31,37)/t23?,24?,25-/m0/s1. The molecule has 2 fully saturated rings. The van der Waals surface area contributed by atoms with E-state index in [1.54, 1.807) is 0 Å². The lowest BCUT2D eigenvalue weighted by molar-refractivity contribution is -0.137. The summed E-state index contributed by atoms with van der Waals surface area (Å²) in [6.45, 7) is 8.72. The Morgan fingerprint density at radius 2 is 1.59 bits per heavy atom. The van der Waals surface area contributed by atoms with E-state index in [1.165, 1.54) is 0 Å². The van der Waals surface area contributed by atoms with Gasteiger partial charge >= 0.3 is 12.0 Å². The fourth-order valence-electron chi connectivity index (χ4n) is 5.72. The SMILES string of the molecule is Cc1cccc(C)c1C(=O)N1CC2CN(CC[C@H](NC(=O)NCCCC(=O)O)c3ccccc3)CC2C1. The van der Waals surface area contributed by atoms with E-state index in [9.17, 15) is 14.4 Å². The van der Waals surface area contributed by atoms with Gasteiger partial charge in [0.25, 0.3) is 5.91 Å². The van der Waals surface area contributed by atoms with Crippen LogP contribution in [0.3, 0.4) is 0 Å². The molecule has 0 radical (unpaired) electrons. The molecular weight excluding hydrogens is 468 g/mol. The van der Waals surface area contributed by atoms with Crippen LogP contribution in [0.25, 0.3) is 0 Å². The highest BCUT2D eigenvalue weighted by Gasteiger charge is 2.42. The van der Waals surface area contributed by atoms with Crippen molar-refractivity contribution in [2.45, 2.75) is 39.2 Å². The number of carboxylic acids is 1. The average molecular weight is 507 g/mol. The summed E-state index contributed by atoms with van der Waals surface area (Å²) < 4.78 is 0. The minimum atomic E-state index is -0.863. The number of rotatable bonds is 10. The molecule has 8 nitrogen and oxygen atoms in total. The van der Waals surface area contributed by atoms with Crippen molar-refractivity contribution in [3.8, 4) is 0 Å². The maximum Gasteiger partial charge on any atom is 0.315 e. The molecule has 37 heavy (non-hydrogen) atoms. The third-order valence-electron chi connectivity index (χ3n) is 7.64. The van der Waals surface area contributed by atoms with Crippen molar-refractivity contribution in [1.29, 1.82) is 0 Å². The minimum absolute atomic E-state index is 0.0350. The predicted octanol–water partition coefficient (Wildman–Crippen LogP) is 3.60. The summed E-state index contributed by atoms with van der Waals surface area (Å²) >= 11 is 0. The number of benzene rings is 2. The van der Waals surface area contributed by atoms with Crippen molar-refractivity contribution in [3.63, 3.8) is 0 Å². The molecule has 0 aromatic heterocycles. The predicted molar refractivity (Wildman–Crippen MR) is 142 cm³/mol. The fraction of sp³-hybridized carbons (Fsp3) is 0.483. The number of aryl methyl sites for hydroxylation is 2. The number of carboxylic acid groups (broad SMARTS) is 1. The van der Waals surface area contributed by atoms with Gasteiger partial charge in [0.05, 0.1) is 6.04 Å². The maximum absolute atomic E-state index is 13.2. The highest BCUT2D eigenvalue weighted by Crippen LogP contribution is 2.33. The molecule has 0 aliphatic carbocycles. The molecule has 2 aromatic carbocycles. The molecule has 0 bridgehead atoms. The van der Waals surface area contributed by atoms with E-state index in [-0.39, 0.29) is 24.4 Å². The molecule has 0 saturated carbocycles. The van der Waals surface area contributed by atoms with Crippen molar-refractivity contribution >= 4 is 17.9 Å². The number of hydrogen-bond acceptors (Lipinski definition) is 4. The Balaban J connectivity index is 1.28. The molecule has 3 atom stereocenters. The zero-order valence-electron chi connectivity index (χ0n) is 21.8. The molecule has 3 N–H and O–H groups in total. The molecule has 3 amide bonds. The van der Waals surface area contributed by atoms with Gasteiger partial charge in [-0.25, -0.2) is 4.79 Å². The van der Waals surface area contributed by atoms with Gasteiger partial charge in [0.15, 0.2) is 0 Å². The van der Waals surface area contributed by atoms with Gasteiger partial charge in [-0.1, -0.05) is 48.5 Å². The second kappa shape index (κ2) is 12.2. The van der Waals surface area contributed by atoms with Crippen molar-refractivity contribution in [3.05, 3.63) is 70.8 Å². The smallest absolute Gasteiger partial charge is 0.315 e. The summed E-state index contributed by atoms with van der Waals surface area (Å²) in [6, 6.07) is 15.5. The molecule has 2 heterocycles. The molecule has 2 aliphatic rings. The van der Waals surface area contributed by atoms with Crippen LogP contribution in [0.15, 0.2) is 48.5 Å². The Morgan fingerprint density at radius 3 is 2.22 bits per heavy atom. The molecule has 198 valence electrons. The molecule has 4 rings (SSSR count). The Bertz CT molecular complexity index is 1070. The van der Waals surface area contributed by atoms with E-state index in [0.29, 0.717) is 24.8 Å². The first-order valence-corrected chi connectivity index (χ1v) is 13.2. The number of nitrogens with zero attached hydrogens (tertiary/aromatic N) is 2. The summed E-state index contributed by atoms with van der Waals surface area (Å²) in [5, 5.41) is 14.6. The number of amides is 3. The van der Waals surface area contributed by atoms with Gasteiger partial charge in [-0.2, -0.15) is 0 Å². The second-order valence-electron chi connectivity index (χ2n) is 10.4. The first-order valence-electron chi connectivity index (χ1n) is 13.2. The van der Waals surface area contributed by atoms with Crippen molar-refractivity contribution in [1.82, 2.24) is 20.4 Å². The summed E-state index contributed by atoms with van der Waals surface area (Å²) in [5.41, 5.74) is 3.97. The third kappa shape index (κ3) is 6.89. The summed E-state index contributed by atoms with van der Waals surface area (Å²) in [7, 11) is 0. The number of carbonyl (C=O) groups is 3. The van der Waals surface area contributed by atoms with Crippen molar-refractivity contribution in [2.75, 3.05) is 39.3 Å². The van der Waals surface area contributed by atoms with E-state index in [2.05, 4.69) is 15.5 Å². The van der Waals surface area contributed by atoms with Crippen LogP contribution < -0.4 is 10.6 Å². The molecule has 0 spiro atoms. The van der Waals surface area contributed by atoms with Crippen LogP contribution in [0.5, 0.6) is 0 Å². The average Bonchev–Trinajstić information content (AvgIpc) is 3.44. The van der Waals surface area contributed by atoms with Gasteiger partial charge in [0, 0.05) is 51.3 Å². The lowest BCUT2D eigenvalue weighted by atomic mass is 10.0. The minimum Gasteiger partial charge on any atom is -0.481 e. The zero-order valence-corrected chi connectivity index (χ0v) is 21.8. The molecule has 2 unspecified atom stereocenters. The lowest BCUT2D eigenvalue weighted by Gasteiger charge is -2.25. The lowest BCUT2D eigenvalue weighted by Crippen LogP contribution is -2.40. The number of carbonyl (C=O) groups excluding carboxylic acids is 2. The Labute approximate surface area is 219 Å². The van der Waals surface area contributed by atoms with E-state index in [1.807, 2.05) is 67.3 Å². The highest BCUT2D eigenvalue weighted by atomic mass is 16.4. The summed E-state index contributed by atoms with van der Waals surface area (Å²) in [4.78, 5) is 40.9. The van der Waals surface area contributed by atoms with E-state index < -0.39 is 5.97 Å². The normalized spacial score (nSPS) is 19.9. The van der Waals surface area contributed by atoms with Crippen molar-refractivity contribution < 1.29 is 19.5 Å². The Hall–Kier alpha value is -3.39. The van der Waals surface area contributed by atoms with Gasteiger partial charge in [-0.15, -0.1) is 0 Å². The van der Waals surface area contributed by atoms with Crippen LogP contribution in [0, 0.1) is 25.7 Å². The van der Waals surface area contributed by atoms with Crippen LogP contribution >= 0.6 is 0 Å². The van der Waals surface area contributed by atoms with Crippen LogP contribution in [0.2, 0.25) is 0 Å². The summed E-state index contributed by atoms with van der Waals surface area (Å²) in [5.74, 6) is 0.250. The highest BCUT2D eigenvalue weighted by molar-refractivity contribution is 5.97. The number of nitrogens with one attached hydrogen (secondary N) is 2. The van der Waals surface area contributed by atoms with Gasteiger partial charge < -0.3 is 25.5 Å². The number of hydrogen-bond donors (Lipinski definition) is 3. The first-order chi connectivity index (χ1) is 17.8. The molecule has 2 aromatic rings.